The van der Waals surface area contributed by atoms with Gasteiger partial charge in [-0.15, -0.1) is 0 Å². The smallest absolute Gasteiger partial charge is 0.303 e. The number of unbranched alkanes of at least 4 members (excludes halogenated alkanes) is 23. The van der Waals surface area contributed by atoms with Crippen molar-refractivity contribution >= 4 is 5.97 Å². The third-order valence-corrected chi connectivity index (χ3v) is 7.48. The van der Waals surface area contributed by atoms with Crippen molar-refractivity contribution in [1.82, 2.24) is 0 Å². The predicted octanol–water partition coefficient (Wildman–Crippen LogP) is 9.34. The Balaban J connectivity index is 0. The van der Waals surface area contributed by atoms with Gasteiger partial charge in [0.05, 0.1) is 12.7 Å². The van der Waals surface area contributed by atoms with E-state index in [1.54, 1.807) is 0 Å². The molecule has 0 aliphatic carbocycles. The molecule has 0 saturated carbocycles. The standard InChI is InChI=1S/C18H36O2.C15H32O3/c1-2-3-4-5-6-7-8-9-10-11-12-13-14-15-16-17-18(19)20;1-2-3-4-5-6-7-8-9-10-11-12-14(17)15(18)13-16/h2-17H2,1H3,(H,19,20);14-18H,2-13H2,1H3. The van der Waals surface area contributed by atoms with Crippen LogP contribution in [0.5, 0.6) is 0 Å². The van der Waals surface area contributed by atoms with Crippen LogP contribution in [-0.4, -0.2) is 45.2 Å². The van der Waals surface area contributed by atoms with Gasteiger partial charge in [-0.2, -0.15) is 0 Å². The summed E-state index contributed by atoms with van der Waals surface area (Å²) >= 11 is 0. The first-order chi connectivity index (χ1) is 18.5. The van der Waals surface area contributed by atoms with Gasteiger partial charge in [0.2, 0.25) is 0 Å². The van der Waals surface area contributed by atoms with Crippen LogP contribution in [0.25, 0.3) is 0 Å². The molecule has 2 atom stereocenters. The van der Waals surface area contributed by atoms with Gasteiger partial charge < -0.3 is 20.4 Å². The van der Waals surface area contributed by atoms with Crippen molar-refractivity contribution in [1.29, 1.82) is 0 Å². The van der Waals surface area contributed by atoms with Gasteiger partial charge in [-0.05, 0) is 12.8 Å². The molecule has 0 aromatic carbocycles. The minimum atomic E-state index is -0.969. The molecule has 0 fully saturated rings. The Labute approximate surface area is 237 Å². The van der Waals surface area contributed by atoms with E-state index in [0.29, 0.717) is 12.8 Å². The molecule has 0 rings (SSSR count). The van der Waals surface area contributed by atoms with Crippen molar-refractivity contribution in [3.63, 3.8) is 0 Å². The molecule has 0 spiro atoms. The van der Waals surface area contributed by atoms with Gasteiger partial charge >= 0.3 is 5.97 Å². The van der Waals surface area contributed by atoms with E-state index in [1.165, 1.54) is 135 Å². The minimum absolute atomic E-state index is 0.345. The number of carboxylic acid groups (broad SMARTS) is 1. The number of carbonyl (C=O) groups is 1. The van der Waals surface area contributed by atoms with Crippen molar-refractivity contribution in [2.24, 2.45) is 0 Å². The summed E-state index contributed by atoms with van der Waals surface area (Å²) in [7, 11) is 0. The van der Waals surface area contributed by atoms with Crippen LogP contribution >= 0.6 is 0 Å². The molecule has 4 N–H and O–H groups in total. The lowest BCUT2D eigenvalue weighted by atomic mass is 10.0. The maximum absolute atomic E-state index is 10.3. The molecule has 0 aromatic rings. The third-order valence-electron chi connectivity index (χ3n) is 7.48. The fraction of sp³-hybridized carbons (Fsp3) is 0.970. The lowest BCUT2D eigenvalue weighted by Crippen LogP contribution is -2.28. The highest BCUT2D eigenvalue weighted by Crippen LogP contribution is 2.14. The molecular formula is C33H68O5. The largest absolute Gasteiger partial charge is 0.481 e. The second-order valence-corrected chi connectivity index (χ2v) is 11.4. The first-order valence-corrected chi connectivity index (χ1v) is 16.7. The number of aliphatic hydroxyl groups excluding tert-OH is 3. The molecule has 2 unspecified atom stereocenters. The molecule has 5 nitrogen and oxygen atoms in total. The van der Waals surface area contributed by atoms with E-state index in [1.807, 2.05) is 0 Å². The Morgan fingerprint density at radius 2 is 0.763 bits per heavy atom. The summed E-state index contributed by atoms with van der Waals surface area (Å²) in [4.78, 5) is 10.3. The molecule has 38 heavy (non-hydrogen) atoms. The summed E-state index contributed by atoms with van der Waals surface area (Å²) in [5.74, 6) is -0.653. The lowest BCUT2D eigenvalue weighted by molar-refractivity contribution is -0.137. The number of aliphatic hydroxyl groups is 3. The van der Waals surface area contributed by atoms with E-state index in [4.69, 9.17) is 15.3 Å². The molecule has 0 heterocycles. The van der Waals surface area contributed by atoms with Crippen molar-refractivity contribution in [3.8, 4) is 0 Å². The van der Waals surface area contributed by atoms with Crippen molar-refractivity contribution in [2.45, 2.75) is 199 Å². The molecule has 0 bridgehead atoms. The highest BCUT2D eigenvalue weighted by Gasteiger charge is 2.13. The summed E-state index contributed by atoms with van der Waals surface area (Å²) < 4.78 is 0. The van der Waals surface area contributed by atoms with E-state index < -0.39 is 18.2 Å². The maximum atomic E-state index is 10.3. The molecule has 0 aliphatic rings. The average molecular weight is 545 g/mol. The zero-order valence-electron chi connectivity index (χ0n) is 25.7. The molecule has 0 amide bonds. The molecule has 0 aliphatic heterocycles. The summed E-state index contributed by atoms with van der Waals surface area (Å²) in [6, 6.07) is 0. The molecule has 0 radical (unpaired) electrons. The van der Waals surface area contributed by atoms with Crippen LogP contribution in [0.15, 0.2) is 0 Å². The van der Waals surface area contributed by atoms with Gasteiger partial charge in [-0.25, -0.2) is 0 Å². The SMILES string of the molecule is CCCCCCCCCCCCC(O)C(O)CO.CCCCCCCCCCCCCCCCCC(=O)O. The van der Waals surface area contributed by atoms with Gasteiger partial charge in [0.1, 0.15) is 6.10 Å². The van der Waals surface area contributed by atoms with E-state index in [-0.39, 0.29) is 6.61 Å². The summed E-state index contributed by atoms with van der Waals surface area (Å²) in [6.45, 7) is 4.16. The Hall–Kier alpha value is -0.650. The first kappa shape index (κ1) is 39.5. The topological polar surface area (TPSA) is 98.0 Å². The number of hydrogen-bond acceptors (Lipinski definition) is 4. The van der Waals surface area contributed by atoms with Gasteiger partial charge in [0.25, 0.3) is 0 Å². The highest BCUT2D eigenvalue weighted by atomic mass is 16.4. The van der Waals surface area contributed by atoms with Crippen molar-refractivity contribution in [3.05, 3.63) is 0 Å². The fourth-order valence-corrected chi connectivity index (χ4v) is 4.80. The quantitative estimate of drug-likeness (QED) is 0.0703. The van der Waals surface area contributed by atoms with Crippen molar-refractivity contribution < 1.29 is 25.2 Å². The summed E-state index contributed by atoms with van der Waals surface area (Å²) in [5.41, 5.74) is 0. The van der Waals surface area contributed by atoms with Crippen molar-refractivity contribution in [2.75, 3.05) is 6.61 Å². The Morgan fingerprint density at radius 3 is 1.05 bits per heavy atom. The summed E-state index contributed by atoms with van der Waals surface area (Å²) in [5, 5.41) is 35.8. The van der Waals surface area contributed by atoms with Crippen LogP contribution in [0.4, 0.5) is 0 Å². The highest BCUT2D eigenvalue weighted by molar-refractivity contribution is 5.66. The van der Waals surface area contributed by atoms with Crippen LogP contribution in [0, 0.1) is 0 Å². The van der Waals surface area contributed by atoms with Crippen LogP contribution in [-0.2, 0) is 4.79 Å². The van der Waals surface area contributed by atoms with Crippen LogP contribution in [0.1, 0.15) is 187 Å². The average Bonchev–Trinajstić information content (AvgIpc) is 2.91. The number of rotatable bonds is 29. The van der Waals surface area contributed by atoms with E-state index >= 15 is 0 Å². The van der Waals surface area contributed by atoms with Crippen LogP contribution in [0.2, 0.25) is 0 Å². The van der Waals surface area contributed by atoms with Gasteiger partial charge in [-0.3, -0.25) is 4.79 Å². The van der Waals surface area contributed by atoms with Gasteiger partial charge in [-0.1, -0.05) is 168 Å². The summed E-state index contributed by atoms with van der Waals surface area (Å²) in [6.07, 6.45) is 31.7. The zero-order chi connectivity index (χ0) is 28.5. The second kappa shape index (κ2) is 34.4. The molecule has 230 valence electrons. The van der Waals surface area contributed by atoms with E-state index in [2.05, 4.69) is 13.8 Å². The monoisotopic (exact) mass is 545 g/mol. The number of hydrogen-bond donors (Lipinski definition) is 4. The molecule has 0 aromatic heterocycles. The van der Waals surface area contributed by atoms with Gasteiger partial charge in [0, 0.05) is 6.42 Å². The van der Waals surface area contributed by atoms with E-state index in [0.717, 1.165) is 25.7 Å². The van der Waals surface area contributed by atoms with Crippen LogP contribution < -0.4 is 0 Å². The predicted molar refractivity (Wildman–Crippen MR) is 163 cm³/mol. The normalized spacial score (nSPS) is 12.7. The zero-order valence-corrected chi connectivity index (χ0v) is 25.7. The Morgan fingerprint density at radius 1 is 0.474 bits per heavy atom. The lowest BCUT2D eigenvalue weighted by Gasteiger charge is -2.14. The Bertz CT molecular complexity index is 443. The van der Waals surface area contributed by atoms with E-state index in [9.17, 15) is 9.90 Å². The third kappa shape index (κ3) is 35.4. The molecular weight excluding hydrogens is 476 g/mol. The second-order valence-electron chi connectivity index (χ2n) is 11.4. The maximum Gasteiger partial charge on any atom is 0.303 e. The fourth-order valence-electron chi connectivity index (χ4n) is 4.80. The first-order valence-electron chi connectivity index (χ1n) is 16.7. The molecule has 0 saturated heterocycles. The number of aliphatic carboxylic acids is 1. The van der Waals surface area contributed by atoms with Gasteiger partial charge in [0.15, 0.2) is 0 Å². The Kier molecular flexibility index (Phi) is 35.7. The number of carboxylic acids is 1. The van der Waals surface area contributed by atoms with Crippen LogP contribution in [0.3, 0.4) is 0 Å². The minimum Gasteiger partial charge on any atom is -0.481 e. The molecule has 5 heteroatoms.